The third-order valence-electron chi connectivity index (χ3n) is 3.43. The van der Waals surface area contributed by atoms with Gasteiger partial charge in [-0.3, -0.25) is 0 Å². The molecule has 1 aliphatic heterocycles. The van der Waals surface area contributed by atoms with Gasteiger partial charge in [-0.1, -0.05) is 13.8 Å². The van der Waals surface area contributed by atoms with E-state index in [4.69, 9.17) is 4.74 Å². The number of nitrogens with one attached hydrogen (secondary N) is 1. The lowest BCUT2D eigenvalue weighted by atomic mass is 10.0. The number of ether oxygens (including phenoxy) is 1. The van der Waals surface area contributed by atoms with E-state index in [0.29, 0.717) is 12.1 Å². The van der Waals surface area contributed by atoms with Crippen molar-refractivity contribution in [3.63, 3.8) is 0 Å². The van der Waals surface area contributed by atoms with Gasteiger partial charge in [0.25, 0.3) is 0 Å². The molecule has 3 nitrogen and oxygen atoms in total. The van der Waals surface area contributed by atoms with Crippen molar-refractivity contribution >= 4 is 5.69 Å². The van der Waals surface area contributed by atoms with E-state index in [1.54, 1.807) is 7.11 Å². The molecule has 1 saturated heterocycles. The van der Waals surface area contributed by atoms with Crippen molar-refractivity contribution < 1.29 is 4.74 Å². The molecule has 18 heavy (non-hydrogen) atoms. The van der Waals surface area contributed by atoms with Crippen LogP contribution < -0.4 is 15.0 Å². The molecule has 1 aliphatic rings. The molecule has 1 atom stereocenters. The Labute approximate surface area is 110 Å². The number of anilines is 1. The lowest BCUT2D eigenvalue weighted by molar-refractivity contribution is 0.394. The summed E-state index contributed by atoms with van der Waals surface area (Å²) in [7, 11) is 1.71. The van der Waals surface area contributed by atoms with Crippen molar-refractivity contribution in [2.45, 2.75) is 38.8 Å². The molecular weight excluding hydrogens is 224 g/mol. The smallest absolute Gasteiger partial charge is 0.119 e. The van der Waals surface area contributed by atoms with E-state index in [-0.39, 0.29) is 0 Å². The van der Waals surface area contributed by atoms with Crippen molar-refractivity contribution in [1.29, 1.82) is 0 Å². The second-order valence-electron chi connectivity index (χ2n) is 5.30. The van der Waals surface area contributed by atoms with Crippen LogP contribution in [-0.2, 0) is 0 Å². The number of benzene rings is 1. The van der Waals surface area contributed by atoms with E-state index in [9.17, 15) is 0 Å². The maximum atomic E-state index is 5.20. The molecule has 0 bridgehead atoms. The third-order valence-corrected chi connectivity index (χ3v) is 3.43. The van der Waals surface area contributed by atoms with Gasteiger partial charge in [0, 0.05) is 30.9 Å². The van der Waals surface area contributed by atoms with Gasteiger partial charge in [-0.15, -0.1) is 0 Å². The molecule has 1 fully saturated rings. The fraction of sp³-hybridized carbons (Fsp3) is 0.600. The Kier molecular flexibility index (Phi) is 4.48. The van der Waals surface area contributed by atoms with E-state index in [0.717, 1.165) is 18.8 Å². The van der Waals surface area contributed by atoms with Crippen LogP contribution >= 0.6 is 0 Å². The van der Waals surface area contributed by atoms with E-state index in [2.05, 4.69) is 36.2 Å². The SMILES string of the molecule is COc1ccc(N2CCCC(NC(C)C)C2)cc1. The molecule has 2 rings (SSSR count). The van der Waals surface area contributed by atoms with Gasteiger partial charge in [0.1, 0.15) is 5.75 Å². The molecule has 0 spiro atoms. The van der Waals surface area contributed by atoms with Gasteiger partial charge in [0.15, 0.2) is 0 Å². The Morgan fingerprint density at radius 2 is 2.00 bits per heavy atom. The summed E-state index contributed by atoms with van der Waals surface area (Å²) in [5, 5.41) is 3.64. The largest absolute Gasteiger partial charge is 0.497 e. The molecule has 1 aromatic rings. The Morgan fingerprint density at radius 3 is 2.61 bits per heavy atom. The second kappa shape index (κ2) is 6.10. The first kappa shape index (κ1) is 13.2. The van der Waals surface area contributed by atoms with Gasteiger partial charge in [-0.05, 0) is 37.1 Å². The summed E-state index contributed by atoms with van der Waals surface area (Å²) < 4.78 is 5.20. The molecule has 3 heteroatoms. The van der Waals surface area contributed by atoms with Crippen LogP contribution in [0.4, 0.5) is 5.69 Å². The first-order valence-electron chi connectivity index (χ1n) is 6.84. The first-order chi connectivity index (χ1) is 8.69. The average molecular weight is 248 g/mol. The molecule has 100 valence electrons. The number of rotatable bonds is 4. The standard InChI is InChI=1S/C15H24N2O/c1-12(2)16-13-5-4-10-17(11-13)14-6-8-15(18-3)9-7-14/h6-9,12-13,16H,4-5,10-11H2,1-3H3. The Morgan fingerprint density at radius 1 is 1.28 bits per heavy atom. The minimum absolute atomic E-state index is 0.561. The molecule has 0 amide bonds. The number of piperidine rings is 1. The van der Waals surface area contributed by atoms with Crippen LogP contribution in [0, 0.1) is 0 Å². The maximum Gasteiger partial charge on any atom is 0.119 e. The number of hydrogen-bond acceptors (Lipinski definition) is 3. The fourth-order valence-electron chi connectivity index (χ4n) is 2.61. The molecule has 0 aliphatic carbocycles. The highest BCUT2D eigenvalue weighted by Gasteiger charge is 2.20. The summed E-state index contributed by atoms with van der Waals surface area (Å²) in [6, 6.07) is 9.54. The van der Waals surface area contributed by atoms with Gasteiger partial charge in [-0.25, -0.2) is 0 Å². The lowest BCUT2D eigenvalue weighted by Crippen LogP contribution is -2.47. The van der Waals surface area contributed by atoms with Gasteiger partial charge in [-0.2, -0.15) is 0 Å². The molecular formula is C15H24N2O. The van der Waals surface area contributed by atoms with Crippen molar-refractivity contribution in [3.8, 4) is 5.75 Å². The van der Waals surface area contributed by atoms with E-state index < -0.39 is 0 Å². The predicted molar refractivity (Wildman–Crippen MR) is 76.5 cm³/mol. The van der Waals surface area contributed by atoms with Crippen LogP contribution in [0.5, 0.6) is 5.75 Å². The van der Waals surface area contributed by atoms with Crippen LogP contribution in [0.15, 0.2) is 24.3 Å². The summed E-state index contributed by atoms with van der Waals surface area (Å²) in [4.78, 5) is 2.46. The minimum atomic E-state index is 0.561. The maximum absolute atomic E-state index is 5.20. The second-order valence-corrected chi connectivity index (χ2v) is 5.30. The molecule has 1 unspecified atom stereocenters. The van der Waals surface area contributed by atoms with E-state index in [1.807, 2.05) is 12.1 Å². The van der Waals surface area contributed by atoms with Crippen LogP contribution in [-0.4, -0.2) is 32.3 Å². The van der Waals surface area contributed by atoms with E-state index >= 15 is 0 Å². The number of nitrogens with zero attached hydrogens (tertiary/aromatic N) is 1. The van der Waals surface area contributed by atoms with Gasteiger partial charge in [0.05, 0.1) is 7.11 Å². The van der Waals surface area contributed by atoms with Crippen molar-refractivity contribution in [1.82, 2.24) is 5.32 Å². The molecule has 1 aromatic carbocycles. The molecule has 0 saturated carbocycles. The highest BCUT2D eigenvalue weighted by Crippen LogP contribution is 2.22. The molecule has 0 radical (unpaired) electrons. The van der Waals surface area contributed by atoms with Crippen LogP contribution in [0.3, 0.4) is 0 Å². The Hall–Kier alpha value is -1.22. The van der Waals surface area contributed by atoms with E-state index in [1.165, 1.54) is 18.5 Å². The highest BCUT2D eigenvalue weighted by atomic mass is 16.5. The Balaban J connectivity index is 1.98. The summed E-state index contributed by atoms with van der Waals surface area (Å²) in [6.45, 7) is 6.69. The third kappa shape index (κ3) is 3.39. The average Bonchev–Trinajstić information content (AvgIpc) is 2.38. The van der Waals surface area contributed by atoms with Gasteiger partial charge < -0.3 is 15.0 Å². The van der Waals surface area contributed by atoms with Crippen LogP contribution in [0.1, 0.15) is 26.7 Å². The fourth-order valence-corrected chi connectivity index (χ4v) is 2.61. The number of methoxy groups -OCH3 is 1. The van der Waals surface area contributed by atoms with Crippen molar-refractivity contribution in [2.75, 3.05) is 25.1 Å². The lowest BCUT2D eigenvalue weighted by Gasteiger charge is -2.35. The molecule has 1 N–H and O–H groups in total. The first-order valence-corrected chi connectivity index (χ1v) is 6.84. The Bertz CT molecular complexity index is 361. The van der Waals surface area contributed by atoms with Gasteiger partial charge >= 0.3 is 0 Å². The van der Waals surface area contributed by atoms with Gasteiger partial charge in [0.2, 0.25) is 0 Å². The van der Waals surface area contributed by atoms with Crippen molar-refractivity contribution in [3.05, 3.63) is 24.3 Å². The van der Waals surface area contributed by atoms with Crippen LogP contribution in [0.2, 0.25) is 0 Å². The molecule has 0 aromatic heterocycles. The summed E-state index contributed by atoms with van der Waals surface area (Å²) >= 11 is 0. The minimum Gasteiger partial charge on any atom is -0.497 e. The zero-order chi connectivity index (χ0) is 13.0. The molecule has 1 heterocycles. The summed E-state index contributed by atoms with van der Waals surface area (Å²) in [5.74, 6) is 0.924. The van der Waals surface area contributed by atoms with Crippen LogP contribution in [0.25, 0.3) is 0 Å². The zero-order valence-electron chi connectivity index (χ0n) is 11.6. The quantitative estimate of drug-likeness (QED) is 0.886. The summed E-state index contributed by atoms with van der Waals surface area (Å²) in [6.07, 6.45) is 2.54. The zero-order valence-corrected chi connectivity index (χ0v) is 11.6. The highest BCUT2D eigenvalue weighted by molar-refractivity contribution is 5.49. The summed E-state index contributed by atoms with van der Waals surface area (Å²) in [5.41, 5.74) is 1.30. The topological polar surface area (TPSA) is 24.5 Å². The predicted octanol–water partition coefficient (Wildman–Crippen LogP) is 2.66. The normalized spacial score (nSPS) is 20.2. The van der Waals surface area contributed by atoms with Crippen molar-refractivity contribution in [2.24, 2.45) is 0 Å². The number of hydrogen-bond donors (Lipinski definition) is 1. The monoisotopic (exact) mass is 248 g/mol.